The number of carbonyl (C=O) groups is 1. The number of β-amino-alcohol motifs (C(OH)–C–C–N with tert-alkyl or cyclic N) is 1. The molecule has 29 heavy (non-hydrogen) atoms. The first kappa shape index (κ1) is 20.9. The highest BCUT2D eigenvalue weighted by molar-refractivity contribution is 5.96. The summed E-state index contributed by atoms with van der Waals surface area (Å²) in [7, 11) is 0. The van der Waals surface area contributed by atoms with Crippen molar-refractivity contribution >= 4 is 22.5 Å². The lowest BCUT2D eigenvalue weighted by molar-refractivity contribution is -0.115. The summed E-state index contributed by atoms with van der Waals surface area (Å²) < 4.78 is 5.76. The number of para-hydroxylation sites is 2. The number of aromatic nitrogens is 1. The predicted molar refractivity (Wildman–Crippen MR) is 116 cm³/mol. The average Bonchev–Trinajstić information content (AvgIpc) is 3.15. The molecule has 1 heterocycles. The van der Waals surface area contributed by atoms with Gasteiger partial charge in [-0.3, -0.25) is 4.79 Å². The maximum atomic E-state index is 12.6. The summed E-state index contributed by atoms with van der Waals surface area (Å²) in [6.45, 7) is 6.69. The summed E-state index contributed by atoms with van der Waals surface area (Å²) in [5.41, 5.74) is 2.49. The van der Waals surface area contributed by atoms with Crippen LogP contribution in [-0.2, 0) is 11.2 Å². The molecule has 3 rings (SSSR count). The Hall–Kier alpha value is -2.83. The number of H-pyrrole nitrogens is 1. The van der Waals surface area contributed by atoms with Crippen LogP contribution in [0, 0.1) is 0 Å². The van der Waals surface area contributed by atoms with Gasteiger partial charge < -0.3 is 25.5 Å². The van der Waals surface area contributed by atoms with Crippen LogP contribution in [0.15, 0.2) is 54.7 Å². The van der Waals surface area contributed by atoms with Crippen LogP contribution in [0.25, 0.3) is 10.9 Å². The molecule has 6 nitrogen and oxygen atoms in total. The Morgan fingerprint density at radius 3 is 2.72 bits per heavy atom. The molecule has 1 amide bonds. The lowest BCUT2D eigenvalue weighted by Gasteiger charge is -2.23. The molecular formula is C23H29N3O3. The Bertz CT molecular complexity index is 959. The van der Waals surface area contributed by atoms with E-state index in [-0.39, 0.29) is 24.5 Å². The largest absolute Gasteiger partial charge is 0.489 e. The number of rotatable bonds is 8. The van der Waals surface area contributed by atoms with Gasteiger partial charge >= 0.3 is 0 Å². The van der Waals surface area contributed by atoms with Crippen LogP contribution >= 0.6 is 0 Å². The Morgan fingerprint density at radius 2 is 1.93 bits per heavy atom. The second kappa shape index (κ2) is 9.11. The van der Waals surface area contributed by atoms with Crippen molar-refractivity contribution in [1.29, 1.82) is 0 Å². The highest BCUT2D eigenvalue weighted by Crippen LogP contribution is 2.25. The lowest BCUT2D eigenvalue weighted by atomic mass is 10.1. The number of amides is 1. The fourth-order valence-corrected chi connectivity index (χ4v) is 3.04. The van der Waals surface area contributed by atoms with Crippen molar-refractivity contribution < 1.29 is 14.6 Å². The van der Waals surface area contributed by atoms with Gasteiger partial charge in [-0.25, -0.2) is 0 Å². The van der Waals surface area contributed by atoms with Gasteiger partial charge in [-0.05, 0) is 50.6 Å². The topological polar surface area (TPSA) is 86.4 Å². The van der Waals surface area contributed by atoms with Crippen molar-refractivity contribution in [3.05, 3.63) is 60.3 Å². The first-order valence-corrected chi connectivity index (χ1v) is 9.81. The molecule has 2 aromatic carbocycles. The molecule has 1 aromatic heterocycles. The zero-order chi connectivity index (χ0) is 20.9. The number of nitrogens with one attached hydrogen (secondary N) is 3. The molecule has 6 heteroatoms. The number of aromatic amines is 1. The van der Waals surface area contributed by atoms with Crippen molar-refractivity contribution in [1.82, 2.24) is 10.3 Å². The Kier molecular flexibility index (Phi) is 6.56. The Labute approximate surface area is 171 Å². The summed E-state index contributed by atoms with van der Waals surface area (Å²) in [6.07, 6.45) is 1.49. The quantitative estimate of drug-likeness (QED) is 0.470. The number of aliphatic hydroxyl groups is 1. The highest BCUT2D eigenvalue weighted by Gasteiger charge is 2.14. The monoisotopic (exact) mass is 395 g/mol. The number of hydrogen-bond acceptors (Lipinski definition) is 4. The van der Waals surface area contributed by atoms with Gasteiger partial charge in [0.1, 0.15) is 18.5 Å². The predicted octanol–water partition coefficient (Wildman–Crippen LogP) is 3.48. The smallest absolute Gasteiger partial charge is 0.228 e. The minimum Gasteiger partial charge on any atom is -0.489 e. The zero-order valence-corrected chi connectivity index (χ0v) is 17.2. The SMILES string of the molecule is CC(C)(C)NCC(O)COc1ccccc1NC(=O)Cc1cccc2[nH]ccc12. The third kappa shape index (κ3) is 6.07. The van der Waals surface area contributed by atoms with E-state index in [2.05, 4.69) is 15.6 Å². The van der Waals surface area contributed by atoms with Gasteiger partial charge in [0.2, 0.25) is 5.91 Å². The Balaban J connectivity index is 1.60. The summed E-state index contributed by atoms with van der Waals surface area (Å²) in [6, 6.07) is 15.1. The van der Waals surface area contributed by atoms with Crippen molar-refractivity contribution in [2.24, 2.45) is 0 Å². The van der Waals surface area contributed by atoms with Gasteiger partial charge in [0, 0.05) is 29.2 Å². The molecule has 0 aliphatic heterocycles. The summed E-state index contributed by atoms with van der Waals surface area (Å²) in [4.78, 5) is 15.8. The molecule has 0 spiro atoms. The molecule has 0 fully saturated rings. The molecule has 0 saturated carbocycles. The normalized spacial score (nSPS) is 12.7. The van der Waals surface area contributed by atoms with E-state index < -0.39 is 6.10 Å². The molecule has 0 aliphatic rings. The molecule has 4 N–H and O–H groups in total. The minimum absolute atomic E-state index is 0.0742. The van der Waals surface area contributed by atoms with E-state index >= 15 is 0 Å². The number of carbonyl (C=O) groups excluding carboxylic acids is 1. The molecule has 3 aromatic rings. The fourth-order valence-electron chi connectivity index (χ4n) is 3.04. The molecule has 1 atom stereocenters. The van der Waals surface area contributed by atoms with Crippen molar-refractivity contribution in [2.45, 2.75) is 38.8 Å². The second-order valence-electron chi connectivity index (χ2n) is 8.17. The first-order valence-electron chi connectivity index (χ1n) is 9.81. The number of anilines is 1. The van der Waals surface area contributed by atoms with Crippen LogP contribution in [-0.4, -0.2) is 40.8 Å². The zero-order valence-electron chi connectivity index (χ0n) is 17.2. The fraction of sp³-hybridized carbons (Fsp3) is 0.348. The summed E-state index contributed by atoms with van der Waals surface area (Å²) in [5, 5.41) is 17.4. The van der Waals surface area contributed by atoms with Crippen LogP contribution in [0.3, 0.4) is 0 Å². The van der Waals surface area contributed by atoms with E-state index in [1.54, 1.807) is 12.1 Å². The lowest BCUT2D eigenvalue weighted by Crippen LogP contribution is -2.42. The van der Waals surface area contributed by atoms with Gasteiger partial charge in [-0.15, -0.1) is 0 Å². The third-order valence-corrected chi connectivity index (χ3v) is 4.50. The van der Waals surface area contributed by atoms with E-state index in [9.17, 15) is 9.90 Å². The molecule has 0 radical (unpaired) electrons. The number of fused-ring (bicyclic) bond motifs is 1. The molecule has 0 bridgehead atoms. The number of hydrogen-bond donors (Lipinski definition) is 4. The van der Waals surface area contributed by atoms with Gasteiger partial charge in [0.25, 0.3) is 0 Å². The van der Waals surface area contributed by atoms with Crippen LogP contribution < -0.4 is 15.4 Å². The maximum Gasteiger partial charge on any atom is 0.228 e. The minimum atomic E-state index is -0.649. The van der Waals surface area contributed by atoms with E-state index in [0.29, 0.717) is 18.0 Å². The number of aliphatic hydroxyl groups excluding tert-OH is 1. The van der Waals surface area contributed by atoms with Gasteiger partial charge in [-0.1, -0.05) is 24.3 Å². The van der Waals surface area contributed by atoms with Crippen molar-refractivity contribution in [3.8, 4) is 5.75 Å². The standard InChI is InChI=1S/C23H29N3O3/c1-23(2,3)25-14-17(27)15-29-21-10-5-4-8-20(21)26-22(28)13-16-7-6-9-19-18(16)11-12-24-19/h4-12,17,24-25,27H,13-15H2,1-3H3,(H,26,28). The molecule has 1 unspecified atom stereocenters. The summed E-state index contributed by atoms with van der Waals surface area (Å²) >= 11 is 0. The van der Waals surface area contributed by atoms with Gasteiger partial charge in [0.05, 0.1) is 12.1 Å². The van der Waals surface area contributed by atoms with Crippen LogP contribution in [0.2, 0.25) is 0 Å². The molecular weight excluding hydrogens is 366 g/mol. The van der Waals surface area contributed by atoms with E-state index in [1.165, 1.54) is 0 Å². The van der Waals surface area contributed by atoms with E-state index in [1.807, 2.05) is 63.4 Å². The number of benzene rings is 2. The van der Waals surface area contributed by atoms with E-state index in [0.717, 1.165) is 16.5 Å². The van der Waals surface area contributed by atoms with Gasteiger partial charge in [0.15, 0.2) is 0 Å². The molecule has 0 aliphatic carbocycles. The Morgan fingerprint density at radius 1 is 1.14 bits per heavy atom. The second-order valence-corrected chi connectivity index (χ2v) is 8.17. The average molecular weight is 396 g/mol. The van der Waals surface area contributed by atoms with Crippen molar-refractivity contribution in [2.75, 3.05) is 18.5 Å². The first-order chi connectivity index (χ1) is 13.8. The highest BCUT2D eigenvalue weighted by atomic mass is 16.5. The maximum absolute atomic E-state index is 12.6. The third-order valence-electron chi connectivity index (χ3n) is 4.50. The van der Waals surface area contributed by atoms with Crippen LogP contribution in [0.5, 0.6) is 5.75 Å². The van der Waals surface area contributed by atoms with Gasteiger partial charge in [-0.2, -0.15) is 0 Å². The van der Waals surface area contributed by atoms with E-state index in [4.69, 9.17) is 4.74 Å². The van der Waals surface area contributed by atoms with Crippen LogP contribution in [0.1, 0.15) is 26.3 Å². The van der Waals surface area contributed by atoms with Crippen molar-refractivity contribution in [3.63, 3.8) is 0 Å². The molecule has 0 saturated heterocycles. The number of ether oxygens (including phenoxy) is 1. The molecule has 154 valence electrons. The summed E-state index contributed by atoms with van der Waals surface area (Å²) in [5.74, 6) is 0.417. The van der Waals surface area contributed by atoms with Crippen LogP contribution in [0.4, 0.5) is 5.69 Å².